The van der Waals surface area contributed by atoms with Crippen LogP contribution in [0.1, 0.15) is 22.7 Å². The third-order valence-corrected chi connectivity index (χ3v) is 7.12. The number of non-ortho nitro benzene ring substituents is 1. The summed E-state index contributed by atoms with van der Waals surface area (Å²) in [4.78, 5) is 10.3. The zero-order chi connectivity index (χ0) is 26.6. The van der Waals surface area contributed by atoms with Crippen molar-refractivity contribution >= 4 is 33.3 Å². The van der Waals surface area contributed by atoms with E-state index in [1.807, 2.05) is 32.0 Å². The summed E-state index contributed by atoms with van der Waals surface area (Å²) in [5, 5.41) is 15.5. The highest BCUT2D eigenvalue weighted by atomic mass is 32.2. The van der Waals surface area contributed by atoms with Crippen LogP contribution in [0.25, 0.3) is 0 Å². The predicted octanol–water partition coefficient (Wildman–Crippen LogP) is 4.91. The van der Waals surface area contributed by atoms with Crippen molar-refractivity contribution in [2.45, 2.75) is 25.3 Å². The van der Waals surface area contributed by atoms with E-state index in [1.54, 1.807) is 24.6 Å². The van der Waals surface area contributed by atoms with E-state index >= 15 is 0 Å². The summed E-state index contributed by atoms with van der Waals surface area (Å²) in [5.74, 6) is 1.37. The number of nitrogens with one attached hydrogen (secondary N) is 2. The second-order valence-electron chi connectivity index (χ2n) is 8.13. The summed E-state index contributed by atoms with van der Waals surface area (Å²) < 4.78 is 41.4. The number of aryl methyl sites for hydroxylation is 1. The van der Waals surface area contributed by atoms with Crippen LogP contribution in [0.2, 0.25) is 0 Å². The van der Waals surface area contributed by atoms with Crippen molar-refractivity contribution < 1.29 is 22.5 Å². The number of methoxy groups -OCH3 is 1. The van der Waals surface area contributed by atoms with Gasteiger partial charge in [-0.1, -0.05) is 0 Å². The molecule has 0 amide bonds. The lowest BCUT2D eigenvalue weighted by molar-refractivity contribution is -0.385. The first-order chi connectivity index (χ1) is 17.7. The number of hydrogen-bond donors (Lipinski definition) is 2. The third-order valence-electron chi connectivity index (χ3n) is 5.70. The summed E-state index contributed by atoms with van der Waals surface area (Å²) in [6.45, 7) is 4.47. The Bertz CT molecular complexity index is 1540. The van der Waals surface area contributed by atoms with E-state index in [0.717, 1.165) is 28.8 Å². The molecular weight excluding hydrogens is 498 g/mol. The second-order valence-corrected chi connectivity index (χ2v) is 9.78. The molecule has 4 aromatic rings. The molecule has 0 radical (unpaired) electrons. The van der Waals surface area contributed by atoms with Gasteiger partial charge in [0.05, 0.1) is 36.7 Å². The second kappa shape index (κ2) is 10.6. The number of furan rings is 1. The van der Waals surface area contributed by atoms with Crippen molar-refractivity contribution in [2.75, 3.05) is 17.3 Å². The first kappa shape index (κ1) is 25.5. The maximum Gasteiger partial charge on any atom is 0.270 e. The molecule has 0 atom stereocenters. The number of anilines is 2. The molecule has 0 aliphatic rings. The van der Waals surface area contributed by atoms with Crippen LogP contribution in [0.15, 0.2) is 81.3 Å². The van der Waals surface area contributed by atoms with E-state index in [-0.39, 0.29) is 22.0 Å². The van der Waals surface area contributed by atoms with Crippen molar-refractivity contribution in [1.29, 1.82) is 0 Å². The van der Waals surface area contributed by atoms with Gasteiger partial charge in [-0.05, 0) is 62.4 Å². The smallest absolute Gasteiger partial charge is 0.270 e. The zero-order valence-corrected chi connectivity index (χ0v) is 21.2. The number of nitrogens with zero attached hydrogens (tertiary/aromatic N) is 3. The quantitative estimate of drug-likeness (QED) is 0.171. The third kappa shape index (κ3) is 5.81. The van der Waals surface area contributed by atoms with Crippen molar-refractivity contribution in [2.24, 2.45) is 5.10 Å². The summed E-state index contributed by atoms with van der Waals surface area (Å²) in [5.41, 5.74) is 5.45. The average molecular weight is 524 g/mol. The van der Waals surface area contributed by atoms with Crippen LogP contribution in [0.4, 0.5) is 17.1 Å². The lowest BCUT2D eigenvalue weighted by Crippen LogP contribution is -2.15. The Hall–Kier alpha value is -4.58. The molecule has 0 unspecified atom stereocenters. The van der Waals surface area contributed by atoms with Crippen molar-refractivity contribution in [3.8, 4) is 5.75 Å². The van der Waals surface area contributed by atoms with Crippen LogP contribution in [-0.4, -0.2) is 31.2 Å². The van der Waals surface area contributed by atoms with E-state index < -0.39 is 14.9 Å². The molecule has 4 rings (SSSR count). The molecule has 11 nitrogen and oxygen atoms in total. The first-order valence-corrected chi connectivity index (χ1v) is 12.6. The van der Waals surface area contributed by atoms with Gasteiger partial charge in [0.15, 0.2) is 0 Å². The number of sulfonamides is 1. The number of ether oxygens (including phenoxy) is 1. The van der Waals surface area contributed by atoms with Gasteiger partial charge in [-0.25, -0.2) is 8.42 Å². The summed E-state index contributed by atoms with van der Waals surface area (Å²) in [7, 11) is -2.70. The molecule has 192 valence electrons. The number of benzene rings is 2. The predicted molar refractivity (Wildman–Crippen MR) is 140 cm³/mol. The van der Waals surface area contributed by atoms with Crippen LogP contribution in [0.5, 0.6) is 5.75 Å². The van der Waals surface area contributed by atoms with E-state index in [1.165, 1.54) is 31.4 Å². The van der Waals surface area contributed by atoms with Gasteiger partial charge in [0, 0.05) is 34.8 Å². The SMILES string of the molecule is COc1ccc(NS(=O)(=O)c2cc([N+](=O)[O-])ccc2N/N=C/c2cc(C)n(Cc3ccco3)c2C)cc1. The van der Waals surface area contributed by atoms with Gasteiger partial charge in [-0.2, -0.15) is 5.10 Å². The monoisotopic (exact) mass is 523 g/mol. The van der Waals surface area contributed by atoms with E-state index in [0.29, 0.717) is 12.3 Å². The fourth-order valence-corrected chi connectivity index (χ4v) is 4.98. The normalized spacial score (nSPS) is 11.5. The van der Waals surface area contributed by atoms with Crippen LogP contribution in [0, 0.1) is 24.0 Å². The number of hydrazone groups is 1. The number of nitro groups is 1. The highest BCUT2D eigenvalue weighted by molar-refractivity contribution is 7.92. The Morgan fingerprint density at radius 2 is 1.89 bits per heavy atom. The molecule has 0 fully saturated rings. The Balaban J connectivity index is 1.60. The number of hydrogen-bond acceptors (Lipinski definition) is 8. The topological polar surface area (TPSA) is 141 Å². The van der Waals surface area contributed by atoms with Gasteiger partial charge in [-0.15, -0.1) is 0 Å². The summed E-state index contributed by atoms with van der Waals surface area (Å²) in [6, 6.07) is 15.4. The Kier molecular flexibility index (Phi) is 7.30. The van der Waals surface area contributed by atoms with E-state index in [2.05, 4.69) is 19.8 Å². The number of nitro benzene ring substituents is 1. The fourth-order valence-electron chi connectivity index (χ4n) is 3.74. The fraction of sp³-hybridized carbons (Fsp3) is 0.160. The minimum Gasteiger partial charge on any atom is -0.497 e. The number of aromatic nitrogens is 1. The molecule has 0 aliphatic carbocycles. The highest BCUT2D eigenvalue weighted by Crippen LogP contribution is 2.29. The minimum absolute atomic E-state index is 0.0762. The molecule has 2 heterocycles. The van der Waals surface area contributed by atoms with Crippen LogP contribution < -0.4 is 14.9 Å². The maximum absolute atomic E-state index is 13.2. The molecule has 0 aliphatic heterocycles. The lowest BCUT2D eigenvalue weighted by Gasteiger charge is -2.12. The van der Waals surface area contributed by atoms with Gasteiger partial charge in [0.2, 0.25) is 0 Å². The molecule has 2 aromatic carbocycles. The van der Waals surface area contributed by atoms with E-state index in [9.17, 15) is 18.5 Å². The zero-order valence-electron chi connectivity index (χ0n) is 20.3. The molecule has 0 bridgehead atoms. The average Bonchev–Trinajstić information content (AvgIpc) is 3.48. The Labute approximate surface area is 213 Å². The maximum atomic E-state index is 13.2. The Morgan fingerprint density at radius 1 is 1.14 bits per heavy atom. The standard InChI is InChI=1S/C25H25N5O6S/c1-17-13-19(18(2)29(17)16-23-5-4-12-36-23)15-26-27-24-11-8-21(30(31)32)14-25(24)37(33,34)28-20-6-9-22(35-3)10-7-20/h4-15,27-28H,16H2,1-3H3/b26-15+. The Morgan fingerprint density at radius 3 is 2.54 bits per heavy atom. The summed E-state index contributed by atoms with van der Waals surface area (Å²) in [6.07, 6.45) is 3.19. The highest BCUT2D eigenvalue weighted by Gasteiger charge is 2.23. The molecule has 2 aromatic heterocycles. The van der Waals surface area contributed by atoms with Crippen molar-refractivity contribution in [1.82, 2.24) is 4.57 Å². The van der Waals surface area contributed by atoms with Crippen molar-refractivity contribution in [3.63, 3.8) is 0 Å². The molecule has 0 saturated carbocycles. The van der Waals surface area contributed by atoms with Gasteiger partial charge in [-0.3, -0.25) is 20.3 Å². The van der Waals surface area contributed by atoms with Gasteiger partial charge in [0.25, 0.3) is 15.7 Å². The van der Waals surface area contributed by atoms with E-state index in [4.69, 9.17) is 9.15 Å². The van der Waals surface area contributed by atoms with Gasteiger partial charge >= 0.3 is 0 Å². The lowest BCUT2D eigenvalue weighted by atomic mass is 10.2. The van der Waals surface area contributed by atoms with Crippen LogP contribution >= 0.6 is 0 Å². The molecule has 12 heteroatoms. The molecular formula is C25H25N5O6S. The number of rotatable bonds is 10. The van der Waals surface area contributed by atoms with Crippen molar-refractivity contribution in [3.05, 3.63) is 99.8 Å². The van der Waals surface area contributed by atoms with Crippen LogP contribution in [-0.2, 0) is 16.6 Å². The molecule has 2 N–H and O–H groups in total. The molecule has 0 saturated heterocycles. The van der Waals surface area contributed by atoms with Gasteiger partial charge in [0.1, 0.15) is 16.4 Å². The molecule has 0 spiro atoms. The largest absolute Gasteiger partial charge is 0.497 e. The molecule has 37 heavy (non-hydrogen) atoms. The minimum atomic E-state index is -4.20. The first-order valence-electron chi connectivity index (χ1n) is 11.1. The van der Waals surface area contributed by atoms with Gasteiger partial charge < -0.3 is 13.7 Å². The van der Waals surface area contributed by atoms with Crippen LogP contribution in [0.3, 0.4) is 0 Å². The summed E-state index contributed by atoms with van der Waals surface area (Å²) >= 11 is 0.